The molecule has 0 aromatic heterocycles. The summed E-state index contributed by atoms with van der Waals surface area (Å²) in [5.74, 6) is 0.370. The van der Waals surface area contributed by atoms with Gasteiger partial charge in [-0.1, -0.05) is 0 Å². The van der Waals surface area contributed by atoms with Crippen molar-refractivity contribution in [1.82, 2.24) is 0 Å². The molecule has 70 valence electrons. The number of anilines is 1. The second-order valence-electron chi connectivity index (χ2n) is 2.59. The van der Waals surface area contributed by atoms with Crippen LogP contribution in [-0.2, 0) is 0 Å². The minimum absolute atomic E-state index is 0.0195. The van der Waals surface area contributed by atoms with Gasteiger partial charge in [0.05, 0.1) is 23.3 Å². The number of nitrogens with zero attached hydrogens (tertiary/aromatic N) is 1. The Hall–Kier alpha value is -1.78. The zero-order valence-corrected chi connectivity index (χ0v) is 7.40. The Labute approximate surface area is 75.3 Å². The van der Waals surface area contributed by atoms with E-state index in [1.807, 2.05) is 0 Å². The van der Waals surface area contributed by atoms with Crippen molar-refractivity contribution in [3.63, 3.8) is 0 Å². The summed E-state index contributed by atoms with van der Waals surface area (Å²) >= 11 is 0. The van der Waals surface area contributed by atoms with Crippen molar-refractivity contribution in [2.45, 2.75) is 6.92 Å². The Morgan fingerprint density at radius 1 is 1.54 bits per heavy atom. The van der Waals surface area contributed by atoms with E-state index in [1.165, 1.54) is 19.2 Å². The van der Waals surface area contributed by atoms with E-state index >= 15 is 0 Å². The van der Waals surface area contributed by atoms with Crippen molar-refractivity contribution >= 4 is 11.4 Å². The Morgan fingerprint density at radius 3 is 2.62 bits per heavy atom. The standard InChI is InChI=1S/C8H10N2O3/c1-5-7(10(11)12)4-3-6(9)8(5)13-2/h3-4H,9H2,1-2H3. The molecule has 0 saturated carbocycles. The van der Waals surface area contributed by atoms with Crippen LogP contribution in [0.4, 0.5) is 11.4 Å². The van der Waals surface area contributed by atoms with Gasteiger partial charge in [0.25, 0.3) is 5.69 Å². The highest BCUT2D eigenvalue weighted by molar-refractivity contribution is 5.63. The third kappa shape index (κ3) is 1.53. The lowest BCUT2D eigenvalue weighted by molar-refractivity contribution is -0.385. The van der Waals surface area contributed by atoms with Crippen LogP contribution < -0.4 is 10.5 Å². The third-order valence-electron chi connectivity index (χ3n) is 1.81. The lowest BCUT2D eigenvalue weighted by Crippen LogP contribution is -1.98. The molecule has 2 N–H and O–H groups in total. The number of hydrogen-bond donors (Lipinski definition) is 1. The fraction of sp³-hybridized carbons (Fsp3) is 0.250. The number of rotatable bonds is 2. The fourth-order valence-electron chi connectivity index (χ4n) is 1.17. The summed E-state index contributed by atoms with van der Waals surface area (Å²) in [7, 11) is 1.43. The van der Waals surface area contributed by atoms with Gasteiger partial charge in [0.1, 0.15) is 0 Å². The van der Waals surface area contributed by atoms with E-state index in [1.54, 1.807) is 6.92 Å². The van der Waals surface area contributed by atoms with Crippen molar-refractivity contribution < 1.29 is 9.66 Å². The SMILES string of the molecule is COc1c(N)ccc([N+](=O)[O-])c1C. The van der Waals surface area contributed by atoms with Crippen LogP contribution >= 0.6 is 0 Å². The van der Waals surface area contributed by atoms with Gasteiger partial charge < -0.3 is 10.5 Å². The topological polar surface area (TPSA) is 78.4 Å². The predicted molar refractivity (Wildman–Crippen MR) is 48.8 cm³/mol. The van der Waals surface area contributed by atoms with Crippen LogP contribution in [0.5, 0.6) is 5.75 Å². The molecule has 0 aliphatic carbocycles. The van der Waals surface area contributed by atoms with Crippen LogP contribution in [0, 0.1) is 17.0 Å². The molecule has 0 unspecified atom stereocenters. The Morgan fingerprint density at radius 2 is 2.15 bits per heavy atom. The van der Waals surface area contributed by atoms with Gasteiger partial charge in [-0.15, -0.1) is 0 Å². The summed E-state index contributed by atoms with van der Waals surface area (Å²) in [6.07, 6.45) is 0. The highest BCUT2D eigenvalue weighted by Crippen LogP contribution is 2.32. The van der Waals surface area contributed by atoms with Gasteiger partial charge in [-0.25, -0.2) is 0 Å². The minimum Gasteiger partial charge on any atom is -0.494 e. The minimum atomic E-state index is -0.461. The molecule has 0 amide bonds. The molecule has 0 bridgehead atoms. The van der Waals surface area contributed by atoms with Gasteiger partial charge in [0, 0.05) is 6.07 Å². The van der Waals surface area contributed by atoms with E-state index < -0.39 is 4.92 Å². The second kappa shape index (κ2) is 3.30. The number of nitrogen functional groups attached to an aromatic ring is 1. The highest BCUT2D eigenvalue weighted by Gasteiger charge is 2.16. The van der Waals surface area contributed by atoms with E-state index in [2.05, 4.69) is 0 Å². The maximum atomic E-state index is 10.5. The highest BCUT2D eigenvalue weighted by atomic mass is 16.6. The zero-order valence-electron chi connectivity index (χ0n) is 7.40. The molecular weight excluding hydrogens is 172 g/mol. The average molecular weight is 182 g/mol. The van der Waals surface area contributed by atoms with Crippen molar-refractivity contribution in [3.05, 3.63) is 27.8 Å². The first-order valence-corrected chi connectivity index (χ1v) is 3.65. The Kier molecular flexibility index (Phi) is 2.36. The molecular formula is C8H10N2O3. The van der Waals surface area contributed by atoms with Crippen molar-refractivity contribution in [1.29, 1.82) is 0 Å². The molecule has 1 aromatic carbocycles. The molecule has 13 heavy (non-hydrogen) atoms. The normalized spacial score (nSPS) is 9.69. The van der Waals surface area contributed by atoms with E-state index in [9.17, 15) is 10.1 Å². The number of nitrogens with two attached hydrogens (primary N) is 1. The van der Waals surface area contributed by atoms with E-state index in [4.69, 9.17) is 10.5 Å². The summed E-state index contributed by atoms with van der Waals surface area (Å²) in [6.45, 7) is 1.60. The summed E-state index contributed by atoms with van der Waals surface area (Å²) < 4.78 is 4.94. The van der Waals surface area contributed by atoms with Crippen LogP contribution in [0.3, 0.4) is 0 Å². The molecule has 0 atom stereocenters. The summed E-state index contributed by atoms with van der Waals surface area (Å²) in [6, 6.07) is 2.83. The van der Waals surface area contributed by atoms with E-state index in [-0.39, 0.29) is 5.69 Å². The summed E-state index contributed by atoms with van der Waals surface area (Å²) in [4.78, 5) is 10.0. The van der Waals surface area contributed by atoms with Gasteiger partial charge in [-0.3, -0.25) is 10.1 Å². The summed E-state index contributed by atoms with van der Waals surface area (Å²) in [5.41, 5.74) is 6.43. The van der Waals surface area contributed by atoms with Crippen LogP contribution in [0.1, 0.15) is 5.56 Å². The lowest BCUT2D eigenvalue weighted by Gasteiger charge is -2.07. The number of benzene rings is 1. The van der Waals surface area contributed by atoms with Crippen molar-refractivity contribution in [3.8, 4) is 5.75 Å². The lowest BCUT2D eigenvalue weighted by atomic mass is 10.1. The van der Waals surface area contributed by atoms with Gasteiger partial charge in [-0.2, -0.15) is 0 Å². The van der Waals surface area contributed by atoms with Gasteiger partial charge >= 0.3 is 0 Å². The predicted octanol–water partition coefficient (Wildman–Crippen LogP) is 1.49. The average Bonchev–Trinajstić information content (AvgIpc) is 2.04. The molecule has 0 aliphatic rings. The van der Waals surface area contributed by atoms with Crippen LogP contribution in [0.2, 0.25) is 0 Å². The number of hydrogen-bond acceptors (Lipinski definition) is 4. The fourth-order valence-corrected chi connectivity index (χ4v) is 1.17. The third-order valence-corrected chi connectivity index (χ3v) is 1.81. The molecule has 0 spiro atoms. The monoisotopic (exact) mass is 182 g/mol. The maximum absolute atomic E-state index is 10.5. The second-order valence-corrected chi connectivity index (χ2v) is 2.59. The molecule has 0 aliphatic heterocycles. The Balaban J connectivity index is 3.35. The van der Waals surface area contributed by atoms with E-state index in [0.717, 1.165) is 0 Å². The molecule has 0 heterocycles. The maximum Gasteiger partial charge on any atom is 0.276 e. The number of nitro benzene ring substituents is 1. The van der Waals surface area contributed by atoms with Crippen LogP contribution in [0.25, 0.3) is 0 Å². The van der Waals surface area contributed by atoms with Crippen molar-refractivity contribution in [2.24, 2.45) is 0 Å². The number of ether oxygens (including phenoxy) is 1. The van der Waals surface area contributed by atoms with E-state index in [0.29, 0.717) is 17.0 Å². The zero-order chi connectivity index (χ0) is 10.0. The quantitative estimate of drug-likeness (QED) is 0.427. The largest absolute Gasteiger partial charge is 0.494 e. The molecule has 0 saturated heterocycles. The molecule has 5 nitrogen and oxygen atoms in total. The van der Waals surface area contributed by atoms with Gasteiger partial charge in [0.2, 0.25) is 0 Å². The van der Waals surface area contributed by atoms with Crippen LogP contribution in [-0.4, -0.2) is 12.0 Å². The molecule has 0 radical (unpaired) electrons. The first-order chi connectivity index (χ1) is 6.07. The first kappa shape index (κ1) is 9.31. The smallest absolute Gasteiger partial charge is 0.276 e. The van der Waals surface area contributed by atoms with Gasteiger partial charge in [0.15, 0.2) is 5.75 Å². The molecule has 5 heteroatoms. The van der Waals surface area contributed by atoms with Crippen LogP contribution in [0.15, 0.2) is 12.1 Å². The molecule has 1 rings (SSSR count). The number of nitro groups is 1. The molecule has 0 fully saturated rings. The Bertz CT molecular complexity index is 349. The first-order valence-electron chi connectivity index (χ1n) is 3.65. The molecule has 1 aromatic rings. The van der Waals surface area contributed by atoms with Gasteiger partial charge in [-0.05, 0) is 13.0 Å². The van der Waals surface area contributed by atoms with Crippen molar-refractivity contribution in [2.75, 3.05) is 12.8 Å². The summed E-state index contributed by atoms with van der Waals surface area (Å²) in [5, 5.41) is 10.5. The number of methoxy groups -OCH3 is 1.